The Balaban J connectivity index is 1.59. The minimum Gasteiger partial charge on any atom is -0.292 e. The molecule has 3 rings (SSSR count). The number of rotatable bonds is 8. The summed E-state index contributed by atoms with van der Waals surface area (Å²) in [5, 5.41) is -0.290. The topological polar surface area (TPSA) is 102 Å². The lowest BCUT2D eigenvalue weighted by Crippen LogP contribution is -2.24. The number of aryl methyl sites for hydroxylation is 2. The standard InChI is InChI=1S/C20H18ClFN4O3S/c1-13-6-7-23-9-14(13)2-5-20(27)19-12-24-15(10-25-19)11-26-30(28,29)16-3-4-18(22)17(21)8-16/h3-4,6-10,12,26H,2,5,11H2,1H3. The number of halogens is 2. The molecule has 1 aromatic carbocycles. The van der Waals surface area contributed by atoms with Gasteiger partial charge in [-0.15, -0.1) is 0 Å². The number of hydrogen-bond donors (Lipinski definition) is 1. The molecule has 0 fully saturated rings. The fourth-order valence-electron chi connectivity index (χ4n) is 2.62. The van der Waals surface area contributed by atoms with Crippen molar-refractivity contribution in [2.75, 3.05) is 0 Å². The maximum atomic E-state index is 13.2. The largest absolute Gasteiger partial charge is 0.292 e. The summed E-state index contributed by atoms with van der Waals surface area (Å²) >= 11 is 5.63. The van der Waals surface area contributed by atoms with Gasteiger partial charge in [0.15, 0.2) is 5.78 Å². The minimum absolute atomic E-state index is 0.145. The molecule has 7 nitrogen and oxygen atoms in total. The summed E-state index contributed by atoms with van der Waals surface area (Å²) < 4.78 is 40.1. The monoisotopic (exact) mass is 448 g/mol. The Bertz CT molecular complexity index is 1170. The molecule has 0 radical (unpaired) electrons. The lowest BCUT2D eigenvalue weighted by atomic mass is 10.0. The van der Waals surface area contributed by atoms with Crippen molar-refractivity contribution in [2.45, 2.75) is 31.2 Å². The highest BCUT2D eigenvalue weighted by molar-refractivity contribution is 7.89. The van der Waals surface area contributed by atoms with Crippen LogP contribution in [0.1, 0.15) is 33.7 Å². The van der Waals surface area contributed by atoms with E-state index in [1.54, 1.807) is 12.4 Å². The molecule has 0 saturated heterocycles. The Labute approximate surface area is 178 Å². The van der Waals surface area contributed by atoms with Crippen LogP contribution in [0.25, 0.3) is 0 Å². The van der Waals surface area contributed by atoms with E-state index in [2.05, 4.69) is 19.7 Å². The molecular formula is C20H18ClFN4O3S. The number of nitrogens with one attached hydrogen (secondary N) is 1. The number of ketones is 1. The molecule has 0 saturated carbocycles. The zero-order valence-electron chi connectivity index (χ0n) is 16.0. The molecule has 0 unspecified atom stereocenters. The van der Waals surface area contributed by atoms with Gasteiger partial charge in [0.25, 0.3) is 0 Å². The maximum absolute atomic E-state index is 13.2. The Kier molecular flexibility index (Phi) is 6.86. The Morgan fingerprint density at radius 2 is 1.97 bits per heavy atom. The van der Waals surface area contributed by atoms with Gasteiger partial charge in [-0.25, -0.2) is 22.5 Å². The number of sulfonamides is 1. The average molecular weight is 449 g/mol. The lowest BCUT2D eigenvalue weighted by Gasteiger charge is -2.08. The zero-order chi connectivity index (χ0) is 21.7. The maximum Gasteiger partial charge on any atom is 0.240 e. The number of aromatic nitrogens is 3. The summed E-state index contributed by atoms with van der Waals surface area (Å²) in [6.07, 6.45) is 6.89. The van der Waals surface area contributed by atoms with Gasteiger partial charge in [0.05, 0.1) is 34.6 Å². The molecule has 3 aromatic rings. The van der Waals surface area contributed by atoms with Gasteiger partial charge in [0.2, 0.25) is 10.0 Å². The Hall–Kier alpha value is -2.75. The van der Waals surface area contributed by atoms with E-state index in [0.717, 1.165) is 29.3 Å². The molecule has 0 amide bonds. The molecule has 2 heterocycles. The van der Waals surface area contributed by atoms with Crippen LogP contribution >= 0.6 is 11.6 Å². The van der Waals surface area contributed by atoms with E-state index in [1.807, 2.05) is 13.0 Å². The van der Waals surface area contributed by atoms with Crippen LogP contribution in [-0.4, -0.2) is 29.2 Å². The molecule has 0 bridgehead atoms. The summed E-state index contributed by atoms with van der Waals surface area (Å²) in [6, 6.07) is 5.00. The van der Waals surface area contributed by atoms with Crippen LogP contribution in [0.15, 0.2) is 53.9 Å². The predicted molar refractivity (Wildman–Crippen MR) is 109 cm³/mol. The molecule has 0 aliphatic heterocycles. The highest BCUT2D eigenvalue weighted by atomic mass is 35.5. The van der Waals surface area contributed by atoms with Crippen molar-refractivity contribution in [3.63, 3.8) is 0 Å². The van der Waals surface area contributed by atoms with Crippen LogP contribution in [0, 0.1) is 12.7 Å². The van der Waals surface area contributed by atoms with Crippen molar-refractivity contribution < 1.29 is 17.6 Å². The van der Waals surface area contributed by atoms with Gasteiger partial charge in [0.1, 0.15) is 11.5 Å². The third kappa shape index (κ3) is 5.44. The van der Waals surface area contributed by atoms with E-state index in [9.17, 15) is 17.6 Å². The van der Waals surface area contributed by atoms with Gasteiger partial charge in [-0.2, -0.15) is 0 Å². The van der Waals surface area contributed by atoms with Crippen LogP contribution in [0.4, 0.5) is 4.39 Å². The minimum atomic E-state index is -3.91. The summed E-state index contributed by atoms with van der Waals surface area (Å²) in [5.74, 6) is -0.876. The molecule has 2 aromatic heterocycles. The molecule has 156 valence electrons. The van der Waals surface area contributed by atoms with Gasteiger partial charge in [-0.05, 0) is 48.7 Å². The zero-order valence-corrected chi connectivity index (χ0v) is 17.5. The number of benzene rings is 1. The predicted octanol–water partition coefficient (Wildman–Crippen LogP) is 3.27. The first-order valence-electron chi connectivity index (χ1n) is 8.94. The second kappa shape index (κ2) is 9.38. The van der Waals surface area contributed by atoms with Gasteiger partial charge in [-0.1, -0.05) is 11.6 Å². The van der Waals surface area contributed by atoms with Crippen molar-refractivity contribution in [1.82, 2.24) is 19.7 Å². The summed E-state index contributed by atoms with van der Waals surface area (Å²) in [6.45, 7) is 1.81. The van der Waals surface area contributed by atoms with Crippen LogP contribution < -0.4 is 4.72 Å². The number of carbonyl (C=O) groups excluding carboxylic acids is 1. The second-order valence-corrected chi connectivity index (χ2v) is 8.69. The Morgan fingerprint density at radius 1 is 1.17 bits per heavy atom. The van der Waals surface area contributed by atoms with Gasteiger partial charge >= 0.3 is 0 Å². The molecule has 1 N–H and O–H groups in total. The fourth-order valence-corrected chi connectivity index (χ4v) is 3.89. The molecule has 10 heteroatoms. The smallest absolute Gasteiger partial charge is 0.240 e. The van der Waals surface area contributed by atoms with E-state index in [1.165, 1.54) is 12.4 Å². The number of nitrogens with zero attached hydrogens (tertiary/aromatic N) is 3. The summed E-state index contributed by atoms with van der Waals surface area (Å²) in [5.41, 5.74) is 2.58. The van der Waals surface area contributed by atoms with E-state index < -0.39 is 15.8 Å². The lowest BCUT2D eigenvalue weighted by molar-refractivity contribution is 0.0977. The molecule has 0 spiro atoms. The quantitative estimate of drug-likeness (QED) is 0.530. The normalized spacial score (nSPS) is 11.4. The second-order valence-electron chi connectivity index (χ2n) is 6.52. The molecule has 0 atom stereocenters. The van der Waals surface area contributed by atoms with Crippen molar-refractivity contribution in [3.05, 3.63) is 82.4 Å². The van der Waals surface area contributed by atoms with Crippen molar-refractivity contribution in [1.29, 1.82) is 0 Å². The summed E-state index contributed by atoms with van der Waals surface area (Å²) in [7, 11) is -3.91. The van der Waals surface area contributed by atoms with E-state index in [-0.39, 0.29) is 34.4 Å². The van der Waals surface area contributed by atoms with Gasteiger partial charge in [-0.3, -0.25) is 14.8 Å². The Morgan fingerprint density at radius 3 is 2.63 bits per heavy atom. The van der Waals surface area contributed by atoms with E-state index in [4.69, 9.17) is 11.6 Å². The first-order valence-corrected chi connectivity index (χ1v) is 10.8. The van der Waals surface area contributed by atoms with Crippen LogP contribution in [0.5, 0.6) is 0 Å². The number of hydrogen-bond acceptors (Lipinski definition) is 6. The van der Waals surface area contributed by atoms with E-state index >= 15 is 0 Å². The van der Waals surface area contributed by atoms with Crippen molar-refractivity contribution in [3.8, 4) is 0 Å². The third-order valence-corrected chi connectivity index (χ3v) is 6.09. The molecule has 0 aliphatic rings. The van der Waals surface area contributed by atoms with Crippen LogP contribution in [0.3, 0.4) is 0 Å². The first kappa shape index (κ1) is 21.9. The SMILES string of the molecule is Cc1ccncc1CCC(=O)c1cnc(CNS(=O)(=O)c2ccc(F)c(Cl)c2)cn1. The number of pyridine rings is 1. The average Bonchev–Trinajstić information content (AvgIpc) is 2.74. The van der Waals surface area contributed by atoms with Gasteiger partial charge < -0.3 is 0 Å². The van der Waals surface area contributed by atoms with Crippen LogP contribution in [-0.2, 0) is 23.0 Å². The van der Waals surface area contributed by atoms with Crippen LogP contribution in [0.2, 0.25) is 5.02 Å². The highest BCUT2D eigenvalue weighted by Crippen LogP contribution is 2.19. The highest BCUT2D eigenvalue weighted by Gasteiger charge is 2.16. The fraction of sp³-hybridized carbons (Fsp3) is 0.200. The van der Waals surface area contributed by atoms with Crippen molar-refractivity contribution >= 4 is 27.4 Å². The number of carbonyl (C=O) groups is 1. The molecular weight excluding hydrogens is 431 g/mol. The first-order chi connectivity index (χ1) is 14.3. The summed E-state index contributed by atoms with van der Waals surface area (Å²) in [4.78, 5) is 24.4. The van der Waals surface area contributed by atoms with Crippen molar-refractivity contribution in [2.24, 2.45) is 0 Å². The molecule has 30 heavy (non-hydrogen) atoms. The van der Waals surface area contributed by atoms with Gasteiger partial charge in [0, 0.05) is 18.8 Å². The third-order valence-electron chi connectivity index (χ3n) is 4.40. The molecule has 0 aliphatic carbocycles. The number of Topliss-reactive ketones (excluding diaryl/α,β-unsaturated/α-hetero) is 1. The van der Waals surface area contributed by atoms with E-state index in [0.29, 0.717) is 12.1 Å².